The number of amides is 1. The molecule has 1 aliphatic carbocycles. The van der Waals surface area contributed by atoms with Gasteiger partial charge in [-0.25, -0.2) is 4.98 Å². The molecule has 0 radical (unpaired) electrons. The van der Waals surface area contributed by atoms with Crippen molar-refractivity contribution in [2.45, 2.75) is 42.8 Å². The fraction of sp³-hybridized carbons (Fsp3) is 0.333. The lowest BCUT2D eigenvalue weighted by Crippen LogP contribution is -2.13. The highest BCUT2D eigenvalue weighted by Gasteiger charge is 2.16. The zero-order chi connectivity index (χ0) is 15.4. The number of carbonyl (C=O) groups excluding carboxylic acids is 1. The second-order valence-electron chi connectivity index (χ2n) is 5.67. The monoisotopic (exact) mass is 312 g/mol. The molecule has 1 aromatic heterocycles. The van der Waals surface area contributed by atoms with E-state index < -0.39 is 0 Å². The Balaban J connectivity index is 1.61. The fourth-order valence-corrected chi connectivity index (χ4v) is 3.93. The molecule has 22 heavy (non-hydrogen) atoms. The van der Waals surface area contributed by atoms with E-state index in [4.69, 9.17) is 0 Å². The van der Waals surface area contributed by atoms with Crippen molar-refractivity contribution >= 4 is 23.4 Å². The Hall–Kier alpha value is -1.81. The van der Waals surface area contributed by atoms with Gasteiger partial charge in [0, 0.05) is 21.5 Å². The van der Waals surface area contributed by atoms with Gasteiger partial charge in [0.05, 0.1) is 0 Å². The van der Waals surface area contributed by atoms with E-state index in [1.165, 1.54) is 30.6 Å². The molecule has 3 rings (SSSR count). The van der Waals surface area contributed by atoms with Gasteiger partial charge in [0.2, 0.25) is 0 Å². The summed E-state index contributed by atoms with van der Waals surface area (Å²) in [5.74, 6) is -0.167. The summed E-state index contributed by atoms with van der Waals surface area (Å²) in [7, 11) is 0. The molecule has 0 unspecified atom stereocenters. The van der Waals surface area contributed by atoms with E-state index in [-0.39, 0.29) is 5.91 Å². The minimum atomic E-state index is -0.167. The lowest BCUT2D eigenvalue weighted by atomic mass is 10.2. The quantitative estimate of drug-likeness (QED) is 0.891. The molecule has 0 atom stereocenters. The van der Waals surface area contributed by atoms with Gasteiger partial charge in [0.25, 0.3) is 5.91 Å². The van der Waals surface area contributed by atoms with Crippen molar-refractivity contribution in [1.29, 1.82) is 0 Å². The average Bonchev–Trinajstić information content (AvgIpc) is 3.02. The number of anilines is 1. The Morgan fingerprint density at radius 3 is 2.55 bits per heavy atom. The summed E-state index contributed by atoms with van der Waals surface area (Å²) in [5.41, 5.74) is 2.10. The molecule has 114 valence electrons. The zero-order valence-electron chi connectivity index (χ0n) is 12.7. The summed E-state index contributed by atoms with van der Waals surface area (Å²) < 4.78 is 0. The second-order valence-corrected chi connectivity index (χ2v) is 7.04. The number of aryl methyl sites for hydroxylation is 1. The van der Waals surface area contributed by atoms with Crippen molar-refractivity contribution in [2.24, 2.45) is 0 Å². The first kappa shape index (κ1) is 15.1. The van der Waals surface area contributed by atoms with Crippen molar-refractivity contribution in [3.05, 3.63) is 53.9 Å². The normalized spacial score (nSPS) is 15.0. The van der Waals surface area contributed by atoms with Gasteiger partial charge < -0.3 is 5.32 Å². The molecule has 0 saturated heterocycles. The SMILES string of the molecule is Cc1cccc(C(=O)Nc2ccc(SC3CCCC3)cc2)n1. The molecule has 1 heterocycles. The maximum atomic E-state index is 12.2. The summed E-state index contributed by atoms with van der Waals surface area (Å²) in [6.45, 7) is 1.88. The third kappa shape index (κ3) is 3.89. The van der Waals surface area contributed by atoms with Crippen LogP contribution in [0.3, 0.4) is 0 Å². The third-order valence-electron chi connectivity index (χ3n) is 3.84. The van der Waals surface area contributed by atoms with Gasteiger partial charge in [-0.15, -0.1) is 11.8 Å². The number of thioether (sulfide) groups is 1. The fourth-order valence-electron chi connectivity index (χ4n) is 2.68. The van der Waals surface area contributed by atoms with Gasteiger partial charge in [-0.2, -0.15) is 0 Å². The number of pyridine rings is 1. The minimum absolute atomic E-state index is 0.167. The molecule has 1 aliphatic rings. The second kappa shape index (κ2) is 6.97. The van der Waals surface area contributed by atoms with Crippen LogP contribution in [0.25, 0.3) is 0 Å². The Bertz CT molecular complexity index is 648. The van der Waals surface area contributed by atoms with E-state index in [1.807, 2.05) is 43.0 Å². The van der Waals surface area contributed by atoms with Crippen LogP contribution in [0.5, 0.6) is 0 Å². The number of nitrogens with zero attached hydrogens (tertiary/aromatic N) is 1. The highest BCUT2D eigenvalue weighted by Crippen LogP contribution is 2.34. The predicted octanol–water partition coefficient (Wildman–Crippen LogP) is 4.68. The highest BCUT2D eigenvalue weighted by atomic mass is 32.2. The molecule has 1 fully saturated rings. The van der Waals surface area contributed by atoms with Crippen molar-refractivity contribution in [1.82, 2.24) is 4.98 Å². The molecular formula is C18H20N2OS. The van der Waals surface area contributed by atoms with Crippen LogP contribution in [-0.4, -0.2) is 16.1 Å². The lowest BCUT2D eigenvalue weighted by Gasteiger charge is -2.10. The van der Waals surface area contributed by atoms with Gasteiger partial charge in [-0.1, -0.05) is 18.9 Å². The smallest absolute Gasteiger partial charge is 0.274 e. The minimum Gasteiger partial charge on any atom is -0.321 e. The Kier molecular flexibility index (Phi) is 4.78. The number of nitrogens with one attached hydrogen (secondary N) is 1. The first-order chi connectivity index (χ1) is 10.7. The maximum Gasteiger partial charge on any atom is 0.274 e. The van der Waals surface area contributed by atoms with Crippen LogP contribution in [-0.2, 0) is 0 Å². The van der Waals surface area contributed by atoms with Gasteiger partial charge >= 0.3 is 0 Å². The van der Waals surface area contributed by atoms with Crippen LogP contribution in [0, 0.1) is 6.92 Å². The summed E-state index contributed by atoms with van der Waals surface area (Å²) in [6.07, 6.45) is 5.36. The van der Waals surface area contributed by atoms with Crippen LogP contribution >= 0.6 is 11.8 Å². The summed E-state index contributed by atoms with van der Waals surface area (Å²) in [4.78, 5) is 17.7. The van der Waals surface area contributed by atoms with Crippen molar-refractivity contribution in [2.75, 3.05) is 5.32 Å². The Morgan fingerprint density at radius 1 is 1.14 bits per heavy atom. The molecule has 1 aromatic carbocycles. The number of benzene rings is 1. The molecule has 1 N–H and O–H groups in total. The first-order valence-corrected chi connectivity index (χ1v) is 8.60. The number of rotatable bonds is 4. The van der Waals surface area contributed by atoms with E-state index in [0.717, 1.165) is 16.6 Å². The van der Waals surface area contributed by atoms with Crippen LogP contribution in [0.2, 0.25) is 0 Å². The topological polar surface area (TPSA) is 42.0 Å². The van der Waals surface area contributed by atoms with Crippen LogP contribution in [0.15, 0.2) is 47.4 Å². The number of hydrogen-bond acceptors (Lipinski definition) is 3. The van der Waals surface area contributed by atoms with Crippen molar-refractivity contribution in [3.8, 4) is 0 Å². The van der Waals surface area contributed by atoms with Gasteiger partial charge in [0.1, 0.15) is 5.69 Å². The third-order valence-corrected chi connectivity index (χ3v) is 5.19. The number of aromatic nitrogens is 1. The van der Waals surface area contributed by atoms with E-state index in [2.05, 4.69) is 22.4 Å². The molecular weight excluding hydrogens is 292 g/mol. The molecule has 0 spiro atoms. The highest BCUT2D eigenvalue weighted by molar-refractivity contribution is 8.00. The summed E-state index contributed by atoms with van der Waals surface area (Å²) in [6, 6.07) is 13.6. The van der Waals surface area contributed by atoms with E-state index in [0.29, 0.717) is 5.69 Å². The zero-order valence-corrected chi connectivity index (χ0v) is 13.5. The van der Waals surface area contributed by atoms with Crippen LogP contribution in [0.4, 0.5) is 5.69 Å². The molecule has 1 amide bonds. The van der Waals surface area contributed by atoms with E-state index in [9.17, 15) is 4.79 Å². The van der Waals surface area contributed by atoms with Crippen molar-refractivity contribution in [3.63, 3.8) is 0 Å². The maximum absolute atomic E-state index is 12.2. The van der Waals surface area contributed by atoms with Gasteiger partial charge in [0.15, 0.2) is 0 Å². The summed E-state index contributed by atoms with van der Waals surface area (Å²) in [5, 5.41) is 3.66. The summed E-state index contributed by atoms with van der Waals surface area (Å²) >= 11 is 1.95. The molecule has 2 aromatic rings. The van der Waals surface area contributed by atoms with Crippen molar-refractivity contribution < 1.29 is 4.79 Å². The molecule has 0 bridgehead atoms. The average molecular weight is 312 g/mol. The predicted molar refractivity (Wildman–Crippen MR) is 91.5 cm³/mol. The lowest BCUT2D eigenvalue weighted by molar-refractivity contribution is 0.102. The number of carbonyl (C=O) groups is 1. The van der Waals surface area contributed by atoms with Crippen LogP contribution < -0.4 is 5.32 Å². The van der Waals surface area contributed by atoms with E-state index >= 15 is 0 Å². The Morgan fingerprint density at radius 2 is 1.86 bits per heavy atom. The first-order valence-electron chi connectivity index (χ1n) is 7.72. The molecule has 1 saturated carbocycles. The standard InChI is InChI=1S/C18H20N2OS/c1-13-5-4-8-17(19-13)18(21)20-14-9-11-16(12-10-14)22-15-6-2-3-7-15/h4-5,8-12,15H,2-3,6-7H2,1H3,(H,20,21). The molecule has 0 aliphatic heterocycles. The molecule has 4 heteroatoms. The Labute approximate surface area is 135 Å². The number of hydrogen-bond donors (Lipinski definition) is 1. The largest absolute Gasteiger partial charge is 0.321 e. The van der Waals surface area contributed by atoms with E-state index in [1.54, 1.807) is 6.07 Å². The van der Waals surface area contributed by atoms with Crippen LogP contribution in [0.1, 0.15) is 41.9 Å². The van der Waals surface area contributed by atoms with Gasteiger partial charge in [-0.05, 0) is 56.2 Å². The van der Waals surface area contributed by atoms with Gasteiger partial charge in [-0.3, -0.25) is 4.79 Å². The molecule has 3 nitrogen and oxygen atoms in total.